The molecular formula is C26H46N6O2. The lowest BCUT2D eigenvalue weighted by Gasteiger charge is -2.39. The summed E-state index contributed by atoms with van der Waals surface area (Å²) in [4.78, 5) is 30.6. The Hall–Kier alpha value is -1.67. The summed E-state index contributed by atoms with van der Waals surface area (Å²) in [5.41, 5.74) is 11.4. The number of amidine groups is 1. The topological polar surface area (TPSA) is 129 Å². The van der Waals surface area contributed by atoms with E-state index in [1.54, 1.807) is 0 Å². The first-order valence-corrected chi connectivity index (χ1v) is 13.8. The zero-order valence-corrected chi connectivity index (χ0v) is 20.9. The average Bonchev–Trinajstić information content (AvgIpc) is 3.24. The fourth-order valence-electron chi connectivity index (χ4n) is 7.11. The number of hydrogen-bond acceptors (Lipinski definition) is 5. The molecule has 2 amide bonds. The van der Waals surface area contributed by atoms with Crippen molar-refractivity contribution in [1.82, 2.24) is 15.1 Å². The molecule has 4 aliphatic rings. The van der Waals surface area contributed by atoms with Crippen LogP contribution in [0.25, 0.3) is 0 Å². The van der Waals surface area contributed by atoms with Gasteiger partial charge in [-0.2, -0.15) is 0 Å². The molecule has 2 saturated carbocycles. The molecule has 0 aromatic heterocycles. The maximum Gasteiger partial charge on any atom is 0.239 e. The van der Waals surface area contributed by atoms with Crippen molar-refractivity contribution >= 4 is 17.6 Å². The van der Waals surface area contributed by atoms with Crippen molar-refractivity contribution in [2.45, 2.75) is 89.1 Å². The van der Waals surface area contributed by atoms with Gasteiger partial charge in [0.2, 0.25) is 11.8 Å². The number of nitrogens with one attached hydrogen (secondary N) is 2. The minimum Gasteiger partial charge on any atom is -0.387 e. The van der Waals surface area contributed by atoms with E-state index in [4.69, 9.17) is 16.9 Å². The van der Waals surface area contributed by atoms with Crippen LogP contribution in [0.2, 0.25) is 0 Å². The summed E-state index contributed by atoms with van der Waals surface area (Å²) in [6.07, 6.45) is 13.3. The van der Waals surface area contributed by atoms with Crippen molar-refractivity contribution in [3.8, 4) is 0 Å². The molecule has 4 rings (SSSR count). The molecule has 0 aromatic carbocycles. The lowest BCUT2D eigenvalue weighted by molar-refractivity contribution is -0.140. The molecule has 8 heteroatoms. The molecule has 6 N–H and O–H groups in total. The van der Waals surface area contributed by atoms with Crippen molar-refractivity contribution in [3.05, 3.63) is 0 Å². The van der Waals surface area contributed by atoms with Gasteiger partial charge in [-0.25, -0.2) is 0 Å². The van der Waals surface area contributed by atoms with Crippen LogP contribution in [-0.4, -0.2) is 72.3 Å². The second-order valence-electron chi connectivity index (χ2n) is 11.3. The molecule has 34 heavy (non-hydrogen) atoms. The average molecular weight is 475 g/mol. The highest BCUT2D eigenvalue weighted by Crippen LogP contribution is 2.43. The number of likely N-dealkylation sites (tertiary alicyclic amines) is 2. The molecule has 0 aromatic rings. The molecule has 2 heterocycles. The summed E-state index contributed by atoms with van der Waals surface area (Å²) in [6.45, 7) is 3.29. The summed E-state index contributed by atoms with van der Waals surface area (Å²) < 4.78 is 0. The molecule has 8 nitrogen and oxygen atoms in total. The molecule has 2 aliphatic heterocycles. The normalized spacial score (nSPS) is 31.3. The van der Waals surface area contributed by atoms with Crippen LogP contribution < -0.4 is 16.8 Å². The van der Waals surface area contributed by atoms with Crippen LogP contribution in [-0.2, 0) is 9.59 Å². The molecule has 0 spiro atoms. The van der Waals surface area contributed by atoms with Gasteiger partial charge in [0.25, 0.3) is 0 Å². The van der Waals surface area contributed by atoms with Gasteiger partial charge in [-0.05, 0) is 63.3 Å². The van der Waals surface area contributed by atoms with Crippen LogP contribution in [0.5, 0.6) is 0 Å². The number of carbonyl (C=O) groups excluding carboxylic acids is 2. The number of fused-ring (bicyclic) bond motifs is 1. The summed E-state index contributed by atoms with van der Waals surface area (Å²) in [5.74, 6) is 2.13. The van der Waals surface area contributed by atoms with E-state index in [1.807, 2.05) is 4.90 Å². The van der Waals surface area contributed by atoms with E-state index in [-0.39, 0.29) is 29.7 Å². The smallest absolute Gasteiger partial charge is 0.239 e. The summed E-state index contributed by atoms with van der Waals surface area (Å²) in [5, 5.41) is 10.9. The standard InChI is InChI=1S/C26H46N6O2/c27-11-12-30-25(33)19-9-13-31(14-10-19)26(34)23-16-20-6-7-21(24(28)29)17-22(20)32(23)15-8-18-4-2-1-3-5-18/h18-23H,1-17,27H2,(H3,28,29)(H,30,33). The van der Waals surface area contributed by atoms with Crippen LogP contribution in [0.4, 0.5) is 0 Å². The Balaban J connectivity index is 1.39. The number of hydrogen-bond donors (Lipinski definition) is 4. The largest absolute Gasteiger partial charge is 0.387 e. The fourth-order valence-corrected chi connectivity index (χ4v) is 7.11. The van der Waals surface area contributed by atoms with Gasteiger partial charge in [0.15, 0.2) is 0 Å². The van der Waals surface area contributed by atoms with Gasteiger partial charge < -0.3 is 21.7 Å². The third-order valence-corrected chi connectivity index (χ3v) is 9.17. The molecule has 2 saturated heterocycles. The Bertz CT molecular complexity index is 716. The Morgan fingerprint density at radius 2 is 1.68 bits per heavy atom. The van der Waals surface area contributed by atoms with Gasteiger partial charge in [0, 0.05) is 44.1 Å². The first kappa shape index (κ1) is 25.4. The predicted octanol–water partition coefficient (Wildman–Crippen LogP) is 2.07. The maximum atomic E-state index is 13.8. The van der Waals surface area contributed by atoms with E-state index < -0.39 is 0 Å². The van der Waals surface area contributed by atoms with E-state index >= 15 is 0 Å². The zero-order valence-electron chi connectivity index (χ0n) is 20.9. The van der Waals surface area contributed by atoms with E-state index in [9.17, 15) is 9.59 Å². The summed E-state index contributed by atoms with van der Waals surface area (Å²) >= 11 is 0. The lowest BCUT2D eigenvalue weighted by atomic mass is 9.78. The van der Waals surface area contributed by atoms with Gasteiger partial charge in [-0.15, -0.1) is 0 Å². The third-order valence-electron chi connectivity index (χ3n) is 9.17. The first-order valence-electron chi connectivity index (χ1n) is 13.8. The molecule has 192 valence electrons. The number of carbonyl (C=O) groups is 2. The molecule has 4 atom stereocenters. The number of rotatable bonds is 8. The van der Waals surface area contributed by atoms with Gasteiger partial charge in [0.05, 0.1) is 11.9 Å². The van der Waals surface area contributed by atoms with Crippen molar-refractivity contribution in [1.29, 1.82) is 5.41 Å². The number of nitrogens with zero attached hydrogens (tertiary/aromatic N) is 2. The number of amides is 2. The van der Waals surface area contributed by atoms with E-state index in [0.717, 1.165) is 51.0 Å². The van der Waals surface area contributed by atoms with Crippen LogP contribution in [0, 0.1) is 29.1 Å². The quantitative estimate of drug-likeness (QED) is 0.316. The highest BCUT2D eigenvalue weighted by Gasteiger charge is 2.48. The minimum atomic E-state index is -0.0492. The van der Waals surface area contributed by atoms with Gasteiger partial charge >= 0.3 is 0 Å². The second-order valence-corrected chi connectivity index (χ2v) is 11.3. The molecule has 0 bridgehead atoms. The highest BCUT2D eigenvalue weighted by atomic mass is 16.2. The minimum absolute atomic E-state index is 0.0134. The monoisotopic (exact) mass is 474 g/mol. The number of piperidine rings is 1. The fraction of sp³-hybridized carbons (Fsp3) is 0.885. The van der Waals surface area contributed by atoms with Crippen LogP contribution in [0.1, 0.15) is 77.0 Å². The molecule has 2 aliphatic carbocycles. The van der Waals surface area contributed by atoms with Crippen molar-refractivity contribution in [2.24, 2.45) is 35.1 Å². The van der Waals surface area contributed by atoms with Gasteiger partial charge in [-0.1, -0.05) is 32.1 Å². The van der Waals surface area contributed by atoms with Crippen LogP contribution in [0.15, 0.2) is 0 Å². The number of nitrogens with two attached hydrogens (primary N) is 2. The third kappa shape index (κ3) is 5.93. The summed E-state index contributed by atoms with van der Waals surface area (Å²) in [6, 6.07) is 0.326. The zero-order chi connectivity index (χ0) is 24.1. The predicted molar refractivity (Wildman–Crippen MR) is 134 cm³/mol. The molecule has 0 radical (unpaired) electrons. The van der Waals surface area contributed by atoms with Gasteiger partial charge in [-0.3, -0.25) is 19.9 Å². The van der Waals surface area contributed by atoms with E-state index in [0.29, 0.717) is 44.0 Å². The van der Waals surface area contributed by atoms with E-state index in [2.05, 4.69) is 10.2 Å². The Morgan fingerprint density at radius 1 is 0.941 bits per heavy atom. The lowest BCUT2D eigenvalue weighted by Crippen LogP contribution is -2.52. The van der Waals surface area contributed by atoms with Crippen molar-refractivity contribution in [2.75, 3.05) is 32.7 Å². The van der Waals surface area contributed by atoms with E-state index in [1.165, 1.54) is 38.5 Å². The Morgan fingerprint density at radius 3 is 2.35 bits per heavy atom. The molecular weight excluding hydrogens is 428 g/mol. The second kappa shape index (κ2) is 11.8. The van der Waals surface area contributed by atoms with Crippen molar-refractivity contribution < 1.29 is 9.59 Å². The van der Waals surface area contributed by atoms with Crippen LogP contribution >= 0.6 is 0 Å². The SMILES string of the molecule is N=C(N)C1CCC2CC(C(=O)N3CCC(C(=O)NCCN)CC3)N(CCC3CCCCC3)C2C1. The Kier molecular flexibility index (Phi) is 8.86. The molecule has 4 fully saturated rings. The maximum absolute atomic E-state index is 13.8. The van der Waals surface area contributed by atoms with Gasteiger partial charge in [0.1, 0.15) is 0 Å². The summed E-state index contributed by atoms with van der Waals surface area (Å²) in [7, 11) is 0. The highest BCUT2D eigenvalue weighted by molar-refractivity contribution is 5.84. The Labute approximate surface area is 205 Å². The van der Waals surface area contributed by atoms with Crippen molar-refractivity contribution in [3.63, 3.8) is 0 Å². The molecule has 4 unspecified atom stereocenters. The first-order chi connectivity index (χ1) is 16.5. The van der Waals surface area contributed by atoms with Crippen LogP contribution in [0.3, 0.4) is 0 Å².